The zero-order valence-corrected chi connectivity index (χ0v) is 11.1. The molecule has 0 aromatic heterocycles. The normalized spacial score (nSPS) is 15.4. The van der Waals surface area contributed by atoms with E-state index in [4.69, 9.17) is 23.8 Å². The predicted molar refractivity (Wildman–Crippen MR) is 76.2 cm³/mol. The average Bonchev–Trinajstić information content (AvgIpc) is 2.71. The van der Waals surface area contributed by atoms with Crippen molar-refractivity contribution in [2.24, 2.45) is 0 Å². The second-order valence-corrected chi connectivity index (χ2v) is 6.44. The first-order valence-electron chi connectivity index (χ1n) is 4.53. The Morgan fingerprint density at radius 1 is 1.20 bits per heavy atom. The molecule has 0 amide bonds. The Morgan fingerprint density at radius 2 is 1.80 bits per heavy atom. The van der Waals surface area contributed by atoms with E-state index in [1.807, 2.05) is 47.8 Å². The molecule has 0 saturated carbocycles. The summed E-state index contributed by atoms with van der Waals surface area (Å²) in [7, 11) is 0. The van der Waals surface area contributed by atoms with Gasteiger partial charge in [-0.2, -0.15) is 0 Å². The molecular weight excluding hydrogens is 264 g/mol. The maximum atomic E-state index is 5.82. The van der Waals surface area contributed by atoms with Crippen LogP contribution in [0.15, 0.2) is 34.6 Å². The zero-order chi connectivity index (χ0) is 10.7. The van der Waals surface area contributed by atoms with Crippen molar-refractivity contribution in [2.45, 2.75) is 0 Å². The molecule has 0 radical (unpaired) electrons. The summed E-state index contributed by atoms with van der Waals surface area (Å²) in [6.45, 7) is 0. The summed E-state index contributed by atoms with van der Waals surface area (Å²) in [6.07, 6.45) is 2.08. The molecule has 0 bridgehead atoms. The molecule has 4 heteroatoms. The summed E-state index contributed by atoms with van der Waals surface area (Å²) in [6, 6.07) is 7.67. The smallest absolute Gasteiger partial charge is 0.0465 e. The second kappa shape index (κ2) is 5.39. The molecule has 0 spiro atoms. The van der Waals surface area contributed by atoms with Gasteiger partial charge in [0.05, 0.1) is 0 Å². The summed E-state index contributed by atoms with van der Waals surface area (Å²) < 4.78 is 1.33. The minimum absolute atomic E-state index is 0.749. The lowest BCUT2D eigenvalue weighted by Gasteiger charge is -2.00. The van der Waals surface area contributed by atoms with Crippen molar-refractivity contribution in [3.8, 4) is 0 Å². The molecule has 0 N–H and O–H groups in total. The van der Waals surface area contributed by atoms with Gasteiger partial charge in [0.15, 0.2) is 0 Å². The van der Waals surface area contributed by atoms with Crippen LogP contribution in [0.5, 0.6) is 0 Å². The highest BCUT2D eigenvalue weighted by molar-refractivity contribution is 8.25. The van der Waals surface area contributed by atoms with E-state index in [2.05, 4.69) is 6.08 Å². The van der Waals surface area contributed by atoms with Gasteiger partial charge >= 0.3 is 0 Å². The molecule has 1 aromatic carbocycles. The van der Waals surface area contributed by atoms with Crippen LogP contribution in [0.3, 0.4) is 0 Å². The van der Waals surface area contributed by atoms with Gasteiger partial charge in [0.25, 0.3) is 0 Å². The minimum Gasteiger partial charge on any atom is -0.118 e. The first-order chi connectivity index (χ1) is 7.25. The Labute approximate surface area is 108 Å². The van der Waals surface area contributed by atoms with Crippen molar-refractivity contribution < 1.29 is 0 Å². The topological polar surface area (TPSA) is 0 Å². The van der Waals surface area contributed by atoms with Gasteiger partial charge in [0.2, 0.25) is 0 Å². The largest absolute Gasteiger partial charge is 0.118 e. The number of allylic oxidation sites excluding steroid dienone is 1. The SMILES string of the molecule is S=C(C=C1SCCS1)c1ccc(Cl)cc1. The summed E-state index contributed by atoms with van der Waals surface area (Å²) in [5.41, 5.74) is 1.06. The summed E-state index contributed by atoms with van der Waals surface area (Å²) in [4.78, 5) is 0.892. The third-order valence-electron chi connectivity index (χ3n) is 1.95. The third kappa shape index (κ3) is 3.25. The highest BCUT2D eigenvalue weighted by Crippen LogP contribution is 2.36. The lowest BCUT2D eigenvalue weighted by atomic mass is 10.1. The van der Waals surface area contributed by atoms with Crippen LogP contribution in [0, 0.1) is 0 Å². The Morgan fingerprint density at radius 3 is 2.40 bits per heavy atom. The van der Waals surface area contributed by atoms with Gasteiger partial charge in [0, 0.05) is 25.6 Å². The second-order valence-electron chi connectivity index (χ2n) is 3.03. The van der Waals surface area contributed by atoms with Crippen LogP contribution in [0.4, 0.5) is 0 Å². The number of benzene rings is 1. The van der Waals surface area contributed by atoms with Crippen molar-refractivity contribution in [3.63, 3.8) is 0 Å². The molecule has 1 aliphatic heterocycles. The van der Waals surface area contributed by atoms with Gasteiger partial charge in [-0.1, -0.05) is 36.0 Å². The van der Waals surface area contributed by atoms with Gasteiger partial charge in [-0.15, -0.1) is 23.5 Å². The molecule has 15 heavy (non-hydrogen) atoms. The first-order valence-corrected chi connectivity index (χ1v) is 7.28. The molecule has 1 aromatic rings. The molecule has 1 heterocycles. The molecule has 2 rings (SSSR count). The van der Waals surface area contributed by atoms with E-state index in [-0.39, 0.29) is 0 Å². The number of halogens is 1. The van der Waals surface area contributed by atoms with E-state index < -0.39 is 0 Å². The fourth-order valence-corrected chi connectivity index (χ4v) is 4.05. The molecule has 0 nitrogen and oxygen atoms in total. The summed E-state index contributed by atoms with van der Waals surface area (Å²) in [5.74, 6) is 2.39. The van der Waals surface area contributed by atoms with Crippen molar-refractivity contribution >= 4 is 52.2 Å². The van der Waals surface area contributed by atoms with E-state index in [0.29, 0.717) is 0 Å². The van der Waals surface area contributed by atoms with Crippen LogP contribution in [0.25, 0.3) is 0 Å². The fraction of sp³-hybridized carbons (Fsp3) is 0.182. The van der Waals surface area contributed by atoms with E-state index in [1.54, 1.807) is 0 Å². The van der Waals surface area contributed by atoms with Crippen LogP contribution in [0.2, 0.25) is 5.02 Å². The van der Waals surface area contributed by atoms with E-state index in [0.717, 1.165) is 15.5 Å². The van der Waals surface area contributed by atoms with Crippen LogP contribution in [-0.4, -0.2) is 16.4 Å². The fourth-order valence-electron chi connectivity index (χ4n) is 1.21. The number of hydrogen-bond donors (Lipinski definition) is 0. The van der Waals surface area contributed by atoms with Crippen molar-refractivity contribution in [3.05, 3.63) is 45.2 Å². The van der Waals surface area contributed by atoms with Crippen molar-refractivity contribution in [1.29, 1.82) is 0 Å². The lowest BCUT2D eigenvalue weighted by molar-refractivity contribution is 1.59. The van der Waals surface area contributed by atoms with Gasteiger partial charge in [-0.3, -0.25) is 0 Å². The Balaban J connectivity index is 2.14. The minimum atomic E-state index is 0.749. The number of hydrogen-bond acceptors (Lipinski definition) is 3. The van der Waals surface area contributed by atoms with Crippen molar-refractivity contribution in [1.82, 2.24) is 0 Å². The maximum absolute atomic E-state index is 5.82. The third-order valence-corrected chi connectivity index (χ3v) is 5.14. The molecule has 0 aliphatic carbocycles. The van der Waals surface area contributed by atoms with Gasteiger partial charge in [-0.05, 0) is 23.8 Å². The monoisotopic (exact) mass is 272 g/mol. The maximum Gasteiger partial charge on any atom is 0.0465 e. The van der Waals surface area contributed by atoms with Crippen LogP contribution < -0.4 is 0 Å². The summed E-state index contributed by atoms with van der Waals surface area (Å²) >= 11 is 14.9. The quantitative estimate of drug-likeness (QED) is 0.446. The Hall–Kier alpha value is 0.0400. The Kier molecular flexibility index (Phi) is 4.14. The zero-order valence-electron chi connectivity index (χ0n) is 7.90. The summed E-state index contributed by atoms with van der Waals surface area (Å²) in [5, 5.41) is 0.749. The van der Waals surface area contributed by atoms with E-state index in [1.165, 1.54) is 15.7 Å². The van der Waals surface area contributed by atoms with Gasteiger partial charge in [-0.25, -0.2) is 0 Å². The van der Waals surface area contributed by atoms with Gasteiger partial charge < -0.3 is 0 Å². The van der Waals surface area contributed by atoms with Gasteiger partial charge in [0.1, 0.15) is 0 Å². The number of thioether (sulfide) groups is 2. The first kappa shape index (κ1) is 11.5. The molecular formula is C11H9ClS3. The Bertz CT molecular complexity index is 387. The molecule has 0 atom stereocenters. The van der Waals surface area contributed by atoms with E-state index in [9.17, 15) is 0 Å². The molecule has 1 saturated heterocycles. The van der Waals surface area contributed by atoms with Crippen LogP contribution in [0.1, 0.15) is 5.56 Å². The van der Waals surface area contributed by atoms with Crippen LogP contribution >= 0.6 is 47.3 Å². The highest BCUT2D eigenvalue weighted by Gasteiger charge is 2.09. The number of rotatable bonds is 2. The molecule has 1 aliphatic rings. The molecule has 0 unspecified atom stereocenters. The average molecular weight is 273 g/mol. The number of thiocarbonyl (C=S) groups is 1. The highest BCUT2D eigenvalue weighted by atomic mass is 35.5. The molecule has 1 fully saturated rings. The van der Waals surface area contributed by atoms with Crippen LogP contribution in [-0.2, 0) is 0 Å². The van der Waals surface area contributed by atoms with Crippen molar-refractivity contribution in [2.75, 3.05) is 11.5 Å². The lowest BCUT2D eigenvalue weighted by Crippen LogP contribution is -1.91. The predicted octanol–water partition coefficient (Wildman–Crippen LogP) is 4.38. The molecule has 78 valence electrons. The standard InChI is InChI=1S/C11H9ClS3/c12-9-3-1-8(2-4-9)10(13)7-11-14-5-6-15-11/h1-4,7H,5-6H2. The van der Waals surface area contributed by atoms with E-state index >= 15 is 0 Å².